The van der Waals surface area contributed by atoms with Gasteiger partial charge in [-0.3, -0.25) is 4.79 Å². The molecule has 5 nitrogen and oxygen atoms in total. The number of ether oxygens (including phenoxy) is 1. The molecular weight excluding hydrogens is 322 g/mol. The van der Waals surface area contributed by atoms with Gasteiger partial charge in [-0.05, 0) is 37.6 Å². The summed E-state index contributed by atoms with van der Waals surface area (Å²) < 4.78 is 11.8. The Morgan fingerprint density at radius 3 is 2.17 bits per heavy atom. The van der Waals surface area contributed by atoms with Crippen molar-refractivity contribution in [3.05, 3.63) is 35.9 Å². The molecular formula is C18H27NO4Si. The monoisotopic (exact) mass is 349 g/mol. The van der Waals surface area contributed by atoms with Gasteiger partial charge < -0.3 is 14.5 Å². The van der Waals surface area contributed by atoms with Crippen molar-refractivity contribution in [3.63, 3.8) is 0 Å². The van der Waals surface area contributed by atoms with Crippen LogP contribution in [-0.2, 0) is 14.0 Å². The maximum absolute atomic E-state index is 12.3. The highest BCUT2D eigenvalue weighted by Crippen LogP contribution is 2.44. The average Bonchev–Trinajstić information content (AvgIpc) is 2.45. The lowest BCUT2D eigenvalue weighted by Crippen LogP contribution is -2.71. The van der Waals surface area contributed by atoms with E-state index < -0.39 is 32.8 Å². The number of esters is 1. The van der Waals surface area contributed by atoms with Crippen molar-refractivity contribution in [1.82, 2.24) is 5.32 Å². The van der Waals surface area contributed by atoms with Crippen molar-refractivity contribution in [3.8, 4) is 0 Å². The van der Waals surface area contributed by atoms with Gasteiger partial charge in [0, 0.05) is 0 Å². The lowest BCUT2D eigenvalue weighted by atomic mass is 9.67. The Hall–Kier alpha value is -1.66. The zero-order valence-corrected chi connectivity index (χ0v) is 16.4. The predicted octanol–water partition coefficient (Wildman–Crippen LogP) is 2.72. The molecule has 3 unspecified atom stereocenters. The number of β-lactam (4-membered cyclic amide) rings is 1. The van der Waals surface area contributed by atoms with Gasteiger partial charge in [-0.15, -0.1) is 0 Å². The van der Waals surface area contributed by atoms with E-state index in [1.54, 1.807) is 24.3 Å². The number of rotatable bonds is 5. The minimum atomic E-state index is -1.40. The van der Waals surface area contributed by atoms with E-state index >= 15 is 0 Å². The van der Waals surface area contributed by atoms with Crippen molar-refractivity contribution in [2.45, 2.75) is 52.6 Å². The minimum Gasteiger partial charge on any atom is -0.437 e. The average molecular weight is 350 g/mol. The first-order chi connectivity index (χ1) is 11.1. The van der Waals surface area contributed by atoms with Gasteiger partial charge in [0.2, 0.25) is 5.91 Å². The summed E-state index contributed by atoms with van der Waals surface area (Å²) in [6.07, 6.45) is -0.665. The molecule has 1 fully saturated rings. The molecule has 1 aliphatic rings. The van der Waals surface area contributed by atoms with Gasteiger partial charge in [0.1, 0.15) is 5.92 Å². The molecule has 6 heteroatoms. The highest BCUT2D eigenvalue weighted by molar-refractivity contribution is 6.48. The lowest BCUT2D eigenvalue weighted by molar-refractivity contribution is -0.180. The van der Waals surface area contributed by atoms with Crippen molar-refractivity contribution in [1.29, 1.82) is 0 Å². The second-order valence-electron chi connectivity index (χ2n) is 7.70. The quantitative estimate of drug-likeness (QED) is 0.504. The zero-order valence-electron chi connectivity index (χ0n) is 15.3. The summed E-state index contributed by atoms with van der Waals surface area (Å²) in [5.74, 6) is -1.09. The SMILES string of the molecule is C[SiH](C)OC(C)(C1C(=O)NC1OC(=O)c1ccccc1)C(C)(C)C. The Balaban J connectivity index is 2.21. The molecule has 1 saturated heterocycles. The molecule has 0 aromatic heterocycles. The molecule has 1 aromatic carbocycles. The Bertz CT molecular complexity index is 611. The van der Waals surface area contributed by atoms with Crippen LogP contribution in [0.25, 0.3) is 0 Å². The van der Waals surface area contributed by atoms with Gasteiger partial charge in [0.15, 0.2) is 15.3 Å². The summed E-state index contributed by atoms with van der Waals surface area (Å²) in [6.45, 7) is 12.2. The molecule has 0 bridgehead atoms. The fourth-order valence-electron chi connectivity index (χ4n) is 2.95. The summed E-state index contributed by atoms with van der Waals surface area (Å²) >= 11 is 0. The maximum Gasteiger partial charge on any atom is 0.340 e. The highest BCUT2D eigenvalue weighted by Gasteiger charge is 2.59. The van der Waals surface area contributed by atoms with Gasteiger partial charge in [-0.25, -0.2) is 4.79 Å². The second-order valence-corrected chi connectivity index (χ2v) is 10.0. The minimum absolute atomic E-state index is 0.132. The molecule has 132 valence electrons. The molecule has 0 aliphatic carbocycles. The van der Waals surface area contributed by atoms with Crippen LogP contribution in [0.4, 0.5) is 0 Å². The van der Waals surface area contributed by atoms with E-state index in [1.165, 1.54) is 0 Å². The Morgan fingerprint density at radius 1 is 1.12 bits per heavy atom. The third kappa shape index (κ3) is 3.54. The van der Waals surface area contributed by atoms with Crippen molar-refractivity contribution in [2.75, 3.05) is 0 Å². The zero-order chi connectivity index (χ0) is 18.1. The largest absolute Gasteiger partial charge is 0.437 e. The molecule has 0 spiro atoms. The summed E-state index contributed by atoms with van der Waals surface area (Å²) in [5.41, 5.74) is -0.504. The molecule has 24 heavy (non-hydrogen) atoms. The van der Waals surface area contributed by atoms with Crippen molar-refractivity contribution < 1.29 is 18.8 Å². The maximum atomic E-state index is 12.3. The standard InChI is InChI=1S/C18H27NO4Si/c1-17(2,3)18(4,23-24(5)6)13-14(20)19-15(13)22-16(21)12-10-8-7-9-11-12/h7-11,13,15,24H,1-6H3,(H,19,20). The van der Waals surface area contributed by atoms with Crippen LogP contribution in [0.1, 0.15) is 38.1 Å². The number of amides is 1. The van der Waals surface area contributed by atoms with E-state index in [9.17, 15) is 9.59 Å². The van der Waals surface area contributed by atoms with E-state index in [1.807, 2.05) is 33.8 Å². The van der Waals surface area contributed by atoms with E-state index in [4.69, 9.17) is 9.16 Å². The fourth-order valence-corrected chi connectivity index (χ4v) is 4.43. The number of nitrogens with one attached hydrogen (secondary N) is 1. The van der Waals surface area contributed by atoms with Crippen molar-refractivity contribution in [2.24, 2.45) is 11.3 Å². The van der Waals surface area contributed by atoms with Crippen LogP contribution in [0.5, 0.6) is 0 Å². The van der Waals surface area contributed by atoms with E-state index in [-0.39, 0.29) is 11.3 Å². The van der Waals surface area contributed by atoms with Gasteiger partial charge in [-0.2, -0.15) is 0 Å². The number of hydrogen-bond acceptors (Lipinski definition) is 4. The summed E-state index contributed by atoms with van der Waals surface area (Å²) in [4.78, 5) is 24.6. The summed E-state index contributed by atoms with van der Waals surface area (Å²) in [5, 5.41) is 2.70. The normalized spacial score (nSPS) is 23.2. The van der Waals surface area contributed by atoms with Crippen LogP contribution in [0.3, 0.4) is 0 Å². The van der Waals surface area contributed by atoms with Crippen LogP contribution in [-0.4, -0.2) is 32.7 Å². The molecule has 1 heterocycles. The Morgan fingerprint density at radius 2 is 1.71 bits per heavy atom. The number of benzene rings is 1. The smallest absolute Gasteiger partial charge is 0.340 e. The lowest BCUT2D eigenvalue weighted by Gasteiger charge is -2.53. The topological polar surface area (TPSA) is 64.6 Å². The molecule has 0 saturated carbocycles. The Kier molecular flexibility index (Phi) is 5.20. The first kappa shape index (κ1) is 18.7. The van der Waals surface area contributed by atoms with Crippen LogP contribution >= 0.6 is 0 Å². The van der Waals surface area contributed by atoms with Crippen LogP contribution < -0.4 is 5.32 Å². The fraction of sp³-hybridized carbons (Fsp3) is 0.556. The third-order valence-electron chi connectivity index (χ3n) is 4.68. The first-order valence-electron chi connectivity index (χ1n) is 8.30. The number of hydrogen-bond donors (Lipinski definition) is 1. The van der Waals surface area contributed by atoms with Crippen LogP contribution in [0.2, 0.25) is 13.1 Å². The molecule has 1 aromatic rings. The molecule has 1 aliphatic heterocycles. The molecule has 3 atom stereocenters. The van der Waals surface area contributed by atoms with E-state index in [0.717, 1.165) is 0 Å². The number of carbonyl (C=O) groups is 2. The summed E-state index contributed by atoms with van der Waals surface area (Å²) in [7, 11) is -1.40. The predicted molar refractivity (Wildman–Crippen MR) is 95.1 cm³/mol. The van der Waals surface area contributed by atoms with Crippen molar-refractivity contribution >= 4 is 20.9 Å². The molecule has 2 rings (SSSR count). The summed E-state index contributed by atoms with van der Waals surface area (Å²) in [6, 6.07) is 8.78. The molecule has 1 amide bonds. The van der Waals surface area contributed by atoms with Gasteiger partial charge in [0.25, 0.3) is 0 Å². The first-order valence-corrected chi connectivity index (χ1v) is 11.1. The van der Waals surface area contributed by atoms with E-state index in [0.29, 0.717) is 5.56 Å². The highest BCUT2D eigenvalue weighted by atomic mass is 28.3. The second kappa shape index (κ2) is 6.68. The van der Waals surface area contributed by atoms with E-state index in [2.05, 4.69) is 18.4 Å². The molecule has 1 N–H and O–H groups in total. The van der Waals surface area contributed by atoms with Gasteiger partial charge >= 0.3 is 5.97 Å². The van der Waals surface area contributed by atoms with Crippen LogP contribution in [0, 0.1) is 11.3 Å². The Labute approximate surface area is 145 Å². The van der Waals surface area contributed by atoms with Gasteiger partial charge in [0.05, 0.1) is 11.2 Å². The van der Waals surface area contributed by atoms with Gasteiger partial charge in [-0.1, -0.05) is 39.0 Å². The molecule has 0 radical (unpaired) electrons. The number of carbonyl (C=O) groups excluding carboxylic acids is 2. The van der Waals surface area contributed by atoms with Crippen LogP contribution in [0.15, 0.2) is 30.3 Å². The third-order valence-corrected chi connectivity index (χ3v) is 5.64.